The molecule has 17 heavy (non-hydrogen) atoms. The van der Waals surface area contributed by atoms with E-state index in [1.807, 2.05) is 12.1 Å². The predicted octanol–water partition coefficient (Wildman–Crippen LogP) is 4.11. The Hall–Kier alpha value is -0.600. The first-order chi connectivity index (χ1) is 8.31. The van der Waals surface area contributed by atoms with Crippen LogP contribution in [-0.4, -0.2) is 18.6 Å². The second-order valence-electron chi connectivity index (χ2n) is 4.59. The molecule has 0 spiro atoms. The van der Waals surface area contributed by atoms with Crippen molar-refractivity contribution in [1.29, 1.82) is 0 Å². The van der Waals surface area contributed by atoms with Gasteiger partial charge >= 0.3 is 0 Å². The quantitative estimate of drug-likeness (QED) is 0.721. The van der Waals surface area contributed by atoms with Crippen molar-refractivity contribution in [1.82, 2.24) is 0 Å². The summed E-state index contributed by atoms with van der Waals surface area (Å²) in [5.74, 6) is 0.417. The Morgan fingerprint density at radius 1 is 1.41 bits per heavy atom. The summed E-state index contributed by atoms with van der Waals surface area (Å²) in [5.41, 5.74) is 0.737. The van der Waals surface area contributed by atoms with E-state index in [1.165, 1.54) is 6.07 Å². The molecule has 2 atom stereocenters. The van der Waals surface area contributed by atoms with Crippen molar-refractivity contribution in [2.75, 3.05) is 12.5 Å². The average Bonchev–Trinajstić information content (AvgIpc) is 2.85. The Morgan fingerprint density at radius 2 is 2.24 bits per heavy atom. The Bertz CT molecular complexity index is 350. The number of hydrogen-bond donors (Lipinski definition) is 0. The van der Waals surface area contributed by atoms with Crippen molar-refractivity contribution in [2.45, 2.75) is 37.7 Å². The van der Waals surface area contributed by atoms with Crippen LogP contribution in [0.25, 0.3) is 0 Å². The molecule has 1 aromatic rings. The lowest BCUT2D eigenvalue weighted by atomic mass is 9.93. The van der Waals surface area contributed by atoms with Crippen LogP contribution in [0.3, 0.4) is 0 Å². The van der Waals surface area contributed by atoms with Crippen LogP contribution in [0, 0.1) is 5.82 Å². The fourth-order valence-electron chi connectivity index (χ4n) is 2.38. The van der Waals surface area contributed by atoms with Crippen LogP contribution >= 0.6 is 11.6 Å². The monoisotopic (exact) mass is 256 g/mol. The molecule has 0 radical (unpaired) electrons. The number of ether oxygens (including phenoxy) is 1. The maximum atomic E-state index is 13.6. The predicted molar refractivity (Wildman–Crippen MR) is 68.1 cm³/mol. The zero-order valence-corrected chi connectivity index (χ0v) is 10.6. The summed E-state index contributed by atoms with van der Waals surface area (Å²) in [4.78, 5) is 0. The van der Waals surface area contributed by atoms with Crippen LogP contribution in [0.15, 0.2) is 24.3 Å². The summed E-state index contributed by atoms with van der Waals surface area (Å²) in [5, 5.41) is 0. The van der Waals surface area contributed by atoms with Gasteiger partial charge in [-0.15, -0.1) is 11.6 Å². The fraction of sp³-hybridized carbons (Fsp3) is 0.571. The van der Waals surface area contributed by atoms with E-state index in [2.05, 4.69) is 0 Å². The molecule has 0 N–H and O–H groups in total. The first-order valence-corrected chi connectivity index (χ1v) is 6.76. The van der Waals surface area contributed by atoms with E-state index in [0.29, 0.717) is 12.0 Å². The lowest BCUT2D eigenvalue weighted by Gasteiger charge is -2.17. The summed E-state index contributed by atoms with van der Waals surface area (Å²) in [7, 11) is 0. The fourth-order valence-corrected chi connectivity index (χ4v) is 2.70. The summed E-state index contributed by atoms with van der Waals surface area (Å²) in [6.45, 7) is 0.871. The Balaban J connectivity index is 1.94. The van der Waals surface area contributed by atoms with Crippen molar-refractivity contribution < 1.29 is 9.13 Å². The first kappa shape index (κ1) is 12.8. The molecule has 0 aliphatic carbocycles. The maximum absolute atomic E-state index is 13.6. The van der Waals surface area contributed by atoms with Crippen LogP contribution in [0.2, 0.25) is 0 Å². The second-order valence-corrected chi connectivity index (χ2v) is 4.89. The number of benzene rings is 1. The minimum absolute atomic E-state index is 0.0991. The SMILES string of the molecule is Fc1ccccc1C(CCl)CCC1CCCO1. The van der Waals surface area contributed by atoms with Gasteiger partial charge in [-0.3, -0.25) is 0 Å². The molecule has 1 saturated heterocycles. The van der Waals surface area contributed by atoms with Gasteiger partial charge in [-0.1, -0.05) is 18.2 Å². The van der Waals surface area contributed by atoms with Crippen LogP contribution in [0.1, 0.15) is 37.2 Å². The van der Waals surface area contributed by atoms with E-state index in [-0.39, 0.29) is 11.7 Å². The van der Waals surface area contributed by atoms with Gasteiger partial charge in [-0.2, -0.15) is 0 Å². The number of hydrogen-bond acceptors (Lipinski definition) is 1. The van der Waals surface area contributed by atoms with E-state index < -0.39 is 0 Å². The molecular weight excluding hydrogens is 239 g/mol. The third-order valence-corrected chi connectivity index (χ3v) is 3.76. The van der Waals surface area contributed by atoms with Crippen molar-refractivity contribution in [3.63, 3.8) is 0 Å². The van der Waals surface area contributed by atoms with Crippen molar-refractivity contribution in [3.8, 4) is 0 Å². The highest BCUT2D eigenvalue weighted by Crippen LogP contribution is 2.28. The molecule has 3 heteroatoms. The lowest BCUT2D eigenvalue weighted by molar-refractivity contribution is 0.101. The van der Waals surface area contributed by atoms with E-state index in [4.69, 9.17) is 16.3 Å². The highest BCUT2D eigenvalue weighted by atomic mass is 35.5. The van der Waals surface area contributed by atoms with Gasteiger partial charge in [0.15, 0.2) is 0 Å². The van der Waals surface area contributed by atoms with E-state index >= 15 is 0 Å². The number of rotatable bonds is 5. The summed E-state index contributed by atoms with van der Waals surface area (Å²) in [6.07, 6.45) is 4.51. The van der Waals surface area contributed by atoms with Crippen LogP contribution < -0.4 is 0 Å². The number of alkyl halides is 1. The molecule has 1 aliphatic heterocycles. The standard InChI is InChI=1S/C14H18ClFO/c15-10-11(7-8-12-4-3-9-17-12)13-5-1-2-6-14(13)16/h1-2,5-6,11-12H,3-4,7-10H2. The molecular formula is C14H18ClFO. The molecule has 1 aliphatic rings. The first-order valence-electron chi connectivity index (χ1n) is 6.23. The lowest BCUT2D eigenvalue weighted by Crippen LogP contribution is -2.10. The second kappa shape index (κ2) is 6.36. The van der Waals surface area contributed by atoms with Crippen LogP contribution in [0.4, 0.5) is 4.39 Å². The molecule has 1 nitrogen and oxygen atoms in total. The molecule has 1 heterocycles. The van der Waals surface area contributed by atoms with Gasteiger partial charge in [0, 0.05) is 18.4 Å². The topological polar surface area (TPSA) is 9.23 Å². The maximum Gasteiger partial charge on any atom is 0.126 e. The molecule has 0 aromatic heterocycles. The van der Waals surface area contributed by atoms with E-state index in [1.54, 1.807) is 6.07 Å². The van der Waals surface area contributed by atoms with Gasteiger partial charge < -0.3 is 4.74 Å². The van der Waals surface area contributed by atoms with Gasteiger partial charge in [0.1, 0.15) is 5.82 Å². The van der Waals surface area contributed by atoms with Crippen molar-refractivity contribution >= 4 is 11.6 Å². The smallest absolute Gasteiger partial charge is 0.126 e. The largest absolute Gasteiger partial charge is 0.378 e. The van der Waals surface area contributed by atoms with Gasteiger partial charge in [0.05, 0.1) is 6.10 Å². The van der Waals surface area contributed by atoms with Crippen molar-refractivity contribution in [2.24, 2.45) is 0 Å². The van der Waals surface area contributed by atoms with Gasteiger partial charge in [-0.25, -0.2) is 4.39 Å². The molecule has 2 unspecified atom stereocenters. The summed E-state index contributed by atoms with van der Waals surface area (Å²) in [6, 6.07) is 6.91. The average molecular weight is 257 g/mol. The van der Waals surface area contributed by atoms with Gasteiger partial charge in [0.2, 0.25) is 0 Å². The molecule has 2 rings (SSSR count). The third-order valence-electron chi connectivity index (χ3n) is 3.39. The zero-order chi connectivity index (χ0) is 12.1. The Kier molecular flexibility index (Phi) is 4.81. The van der Waals surface area contributed by atoms with Crippen LogP contribution in [0.5, 0.6) is 0 Å². The minimum atomic E-state index is -0.148. The molecule has 94 valence electrons. The Labute approximate surface area is 107 Å². The van der Waals surface area contributed by atoms with E-state index in [9.17, 15) is 4.39 Å². The van der Waals surface area contributed by atoms with Crippen molar-refractivity contribution in [3.05, 3.63) is 35.6 Å². The molecule has 0 saturated carbocycles. The molecule has 0 bridgehead atoms. The Morgan fingerprint density at radius 3 is 2.88 bits per heavy atom. The van der Waals surface area contributed by atoms with E-state index in [0.717, 1.165) is 37.9 Å². The third kappa shape index (κ3) is 3.43. The molecule has 0 amide bonds. The molecule has 1 fully saturated rings. The highest BCUT2D eigenvalue weighted by molar-refractivity contribution is 6.18. The zero-order valence-electron chi connectivity index (χ0n) is 9.87. The molecule has 1 aromatic carbocycles. The normalized spacial score (nSPS) is 21.6. The highest BCUT2D eigenvalue weighted by Gasteiger charge is 2.20. The number of halogens is 2. The minimum Gasteiger partial charge on any atom is -0.378 e. The van der Waals surface area contributed by atoms with Gasteiger partial charge in [-0.05, 0) is 37.3 Å². The van der Waals surface area contributed by atoms with Crippen LogP contribution in [-0.2, 0) is 4.74 Å². The summed E-state index contributed by atoms with van der Waals surface area (Å²) >= 11 is 5.95. The van der Waals surface area contributed by atoms with Gasteiger partial charge in [0.25, 0.3) is 0 Å². The summed E-state index contributed by atoms with van der Waals surface area (Å²) < 4.78 is 19.2.